The van der Waals surface area contributed by atoms with E-state index in [-0.39, 0.29) is 18.0 Å². The maximum Gasteiger partial charge on any atom is 0.240 e. The van der Waals surface area contributed by atoms with Gasteiger partial charge in [0.1, 0.15) is 11.6 Å². The van der Waals surface area contributed by atoms with Crippen molar-refractivity contribution in [3.63, 3.8) is 0 Å². The number of benzene rings is 1. The molecule has 1 heterocycles. The van der Waals surface area contributed by atoms with E-state index in [1.807, 2.05) is 0 Å². The SMILES string of the molecule is CNCc1cc(S(=O)(=O)NCc2ccco2)cc(C)c1F. The first-order chi connectivity index (χ1) is 9.94. The van der Waals surface area contributed by atoms with Crippen LogP contribution in [0.1, 0.15) is 16.9 Å². The lowest BCUT2D eigenvalue weighted by Crippen LogP contribution is -2.23. The molecule has 2 rings (SSSR count). The molecule has 0 aliphatic carbocycles. The van der Waals surface area contributed by atoms with Crippen molar-refractivity contribution in [1.82, 2.24) is 10.0 Å². The first-order valence-corrected chi connectivity index (χ1v) is 7.88. The van der Waals surface area contributed by atoms with Crippen molar-refractivity contribution in [2.75, 3.05) is 7.05 Å². The normalized spacial score (nSPS) is 11.8. The minimum absolute atomic E-state index is 0.0400. The van der Waals surface area contributed by atoms with Crippen molar-refractivity contribution in [2.24, 2.45) is 0 Å². The number of furan rings is 1. The number of aryl methyl sites for hydroxylation is 1. The van der Waals surface area contributed by atoms with Gasteiger partial charge in [-0.15, -0.1) is 0 Å². The summed E-state index contributed by atoms with van der Waals surface area (Å²) in [5.41, 5.74) is 0.608. The van der Waals surface area contributed by atoms with Gasteiger partial charge in [0.25, 0.3) is 0 Å². The van der Waals surface area contributed by atoms with E-state index >= 15 is 0 Å². The van der Waals surface area contributed by atoms with Gasteiger partial charge in [-0.1, -0.05) is 0 Å². The van der Waals surface area contributed by atoms with Crippen molar-refractivity contribution in [3.05, 3.63) is 53.2 Å². The standard InChI is InChI=1S/C14H17FN2O3S/c1-10-6-13(7-11(8-16-2)14(10)15)21(18,19)17-9-12-4-3-5-20-12/h3-7,16-17H,8-9H2,1-2H3. The lowest BCUT2D eigenvalue weighted by atomic mass is 10.1. The summed E-state index contributed by atoms with van der Waals surface area (Å²) >= 11 is 0. The van der Waals surface area contributed by atoms with Crippen LogP contribution >= 0.6 is 0 Å². The number of halogens is 1. The topological polar surface area (TPSA) is 71.3 Å². The number of nitrogens with one attached hydrogen (secondary N) is 2. The molecule has 1 aromatic carbocycles. The van der Waals surface area contributed by atoms with Gasteiger partial charge in [0.15, 0.2) is 0 Å². The van der Waals surface area contributed by atoms with Crippen molar-refractivity contribution in [2.45, 2.75) is 24.9 Å². The fourth-order valence-electron chi connectivity index (χ4n) is 1.94. The lowest BCUT2D eigenvalue weighted by Gasteiger charge is -2.11. The smallest absolute Gasteiger partial charge is 0.240 e. The molecule has 5 nitrogen and oxygen atoms in total. The molecule has 2 aromatic rings. The molecule has 0 spiro atoms. The molecule has 0 fully saturated rings. The van der Waals surface area contributed by atoms with Crippen LogP contribution in [0.3, 0.4) is 0 Å². The Balaban J connectivity index is 2.27. The van der Waals surface area contributed by atoms with Crippen LogP contribution in [-0.2, 0) is 23.1 Å². The number of hydrogen-bond donors (Lipinski definition) is 2. The van der Waals surface area contributed by atoms with Gasteiger partial charge in [0.05, 0.1) is 17.7 Å². The summed E-state index contributed by atoms with van der Waals surface area (Å²) in [5, 5.41) is 2.81. The molecule has 0 amide bonds. The third kappa shape index (κ3) is 3.69. The molecule has 0 atom stereocenters. The average Bonchev–Trinajstić information content (AvgIpc) is 2.95. The Morgan fingerprint density at radius 3 is 2.67 bits per heavy atom. The quantitative estimate of drug-likeness (QED) is 0.855. The van der Waals surface area contributed by atoms with E-state index in [0.717, 1.165) is 0 Å². The molecule has 0 saturated carbocycles. The first-order valence-electron chi connectivity index (χ1n) is 6.39. The van der Waals surface area contributed by atoms with E-state index in [0.29, 0.717) is 16.9 Å². The summed E-state index contributed by atoms with van der Waals surface area (Å²) in [6.07, 6.45) is 1.47. The van der Waals surface area contributed by atoms with Crippen molar-refractivity contribution < 1.29 is 17.2 Å². The second-order valence-electron chi connectivity index (χ2n) is 4.65. The number of hydrogen-bond acceptors (Lipinski definition) is 4. The average molecular weight is 312 g/mol. The monoisotopic (exact) mass is 312 g/mol. The van der Waals surface area contributed by atoms with Crippen LogP contribution in [-0.4, -0.2) is 15.5 Å². The second kappa shape index (κ2) is 6.38. The summed E-state index contributed by atoms with van der Waals surface area (Å²) < 4.78 is 45.9. The zero-order chi connectivity index (χ0) is 15.5. The maximum atomic E-state index is 13.9. The van der Waals surface area contributed by atoms with E-state index in [2.05, 4.69) is 10.0 Å². The van der Waals surface area contributed by atoms with Gasteiger partial charge in [-0.3, -0.25) is 0 Å². The molecule has 0 aliphatic heterocycles. The summed E-state index contributed by atoms with van der Waals surface area (Å²) in [4.78, 5) is 0.0400. The summed E-state index contributed by atoms with van der Waals surface area (Å²) in [6, 6.07) is 6.00. The van der Waals surface area contributed by atoms with E-state index < -0.39 is 15.8 Å². The van der Waals surface area contributed by atoms with Crippen LogP contribution in [0.25, 0.3) is 0 Å². The molecule has 0 saturated heterocycles. The summed E-state index contributed by atoms with van der Waals surface area (Å²) in [5.74, 6) is 0.113. The zero-order valence-corrected chi connectivity index (χ0v) is 12.6. The van der Waals surface area contributed by atoms with Gasteiger partial charge in [-0.2, -0.15) is 0 Å². The Morgan fingerprint density at radius 2 is 2.05 bits per heavy atom. The Kier molecular flexibility index (Phi) is 4.76. The highest BCUT2D eigenvalue weighted by atomic mass is 32.2. The highest BCUT2D eigenvalue weighted by molar-refractivity contribution is 7.89. The van der Waals surface area contributed by atoms with Crippen LogP contribution in [0.2, 0.25) is 0 Å². The molecule has 0 bridgehead atoms. The summed E-state index contributed by atoms with van der Waals surface area (Å²) in [6.45, 7) is 1.85. The van der Waals surface area contributed by atoms with E-state index in [9.17, 15) is 12.8 Å². The molecule has 0 unspecified atom stereocenters. The molecule has 1 aromatic heterocycles. The molecule has 0 radical (unpaired) electrons. The van der Waals surface area contributed by atoms with Crippen LogP contribution in [0.5, 0.6) is 0 Å². The van der Waals surface area contributed by atoms with Crippen LogP contribution in [0.15, 0.2) is 39.8 Å². The molecular weight excluding hydrogens is 295 g/mol. The van der Waals surface area contributed by atoms with Crippen LogP contribution in [0.4, 0.5) is 4.39 Å². The summed E-state index contributed by atoms with van der Waals surface area (Å²) in [7, 11) is -2.05. The number of sulfonamides is 1. The van der Waals surface area contributed by atoms with Gasteiger partial charge >= 0.3 is 0 Å². The van der Waals surface area contributed by atoms with Gasteiger partial charge < -0.3 is 9.73 Å². The van der Waals surface area contributed by atoms with Crippen molar-refractivity contribution in [1.29, 1.82) is 0 Å². The minimum Gasteiger partial charge on any atom is -0.468 e. The van der Waals surface area contributed by atoms with Gasteiger partial charge in [-0.05, 0) is 43.8 Å². The molecule has 7 heteroatoms. The van der Waals surface area contributed by atoms with Crippen molar-refractivity contribution in [3.8, 4) is 0 Å². The van der Waals surface area contributed by atoms with Gasteiger partial charge in [-0.25, -0.2) is 17.5 Å². The fraction of sp³-hybridized carbons (Fsp3) is 0.286. The van der Waals surface area contributed by atoms with Crippen LogP contribution in [0, 0.1) is 12.7 Å². The third-order valence-electron chi connectivity index (χ3n) is 3.00. The highest BCUT2D eigenvalue weighted by Crippen LogP contribution is 2.19. The Hall–Kier alpha value is -1.70. The number of rotatable bonds is 6. The van der Waals surface area contributed by atoms with Gasteiger partial charge in [0, 0.05) is 12.1 Å². The Morgan fingerprint density at radius 1 is 1.29 bits per heavy atom. The van der Waals surface area contributed by atoms with Crippen LogP contribution < -0.4 is 10.0 Å². The Labute approximate surface area is 123 Å². The van der Waals surface area contributed by atoms with Crippen molar-refractivity contribution >= 4 is 10.0 Å². The predicted molar refractivity (Wildman–Crippen MR) is 76.6 cm³/mol. The highest BCUT2D eigenvalue weighted by Gasteiger charge is 2.18. The zero-order valence-electron chi connectivity index (χ0n) is 11.8. The van der Waals surface area contributed by atoms with Gasteiger partial charge in [0.2, 0.25) is 10.0 Å². The maximum absolute atomic E-state index is 13.9. The lowest BCUT2D eigenvalue weighted by molar-refractivity contribution is 0.498. The van der Waals surface area contributed by atoms with E-state index in [1.165, 1.54) is 18.4 Å². The molecular formula is C14H17FN2O3S. The first kappa shape index (κ1) is 15.7. The molecule has 2 N–H and O–H groups in total. The molecule has 114 valence electrons. The Bertz CT molecular complexity index is 712. The van der Waals surface area contributed by atoms with E-state index in [1.54, 1.807) is 26.1 Å². The predicted octanol–water partition coefficient (Wildman–Crippen LogP) is 1.93. The minimum atomic E-state index is -3.72. The molecule has 21 heavy (non-hydrogen) atoms. The molecule has 0 aliphatic rings. The second-order valence-corrected chi connectivity index (χ2v) is 6.41. The van der Waals surface area contributed by atoms with E-state index in [4.69, 9.17) is 4.42 Å². The largest absolute Gasteiger partial charge is 0.468 e. The third-order valence-corrected chi connectivity index (χ3v) is 4.38. The fourth-order valence-corrected chi connectivity index (χ4v) is 3.07.